The van der Waals surface area contributed by atoms with E-state index in [0.29, 0.717) is 36.7 Å². The quantitative estimate of drug-likeness (QED) is 0.520. The lowest BCUT2D eigenvalue weighted by Crippen LogP contribution is -2.36. The lowest BCUT2D eigenvalue weighted by atomic mass is 9.99. The normalized spacial score (nSPS) is 17.1. The summed E-state index contributed by atoms with van der Waals surface area (Å²) in [4.78, 5) is 12.2. The van der Waals surface area contributed by atoms with Gasteiger partial charge in [-0.1, -0.05) is 35.5 Å². The number of rotatable bonds is 7. The zero-order chi connectivity index (χ0) is 21.6. The Morgan fingerprint density at radius 2 is 1.90 bits per heavy atom. The van der Waals surface area contributed by atoms with E-state index in [9.17, 15) is 13.2 Å². The number of benzene rings is 2. The highest BCUT2D eigenvalue weighted by atomic mass is 32.2. The van der Waals surface area contributed by atoms with Gasteiger partial charge in [0.05, 0.1) is 11.4 Å². The molecule has 31 heavy (non-hydrogen) atoms. The second-order valence-electron chi connectivity index (χ2n) is 8.16. The minimum atomic E-state index is -3.51. The Bertz CT molecular complexity index is 1230. The lowest BCUT2D eigenvalue weighted by molar-refractivity contribution is 0.0974. The average Bonchev–Trinajstić information content (AvgIpc) is 3.39. The second-order valence-corrected chi connectivity index (χ2v) is 10.0. The van der Waals surface area contributed by atoms with Crippen molar-refractivity contribution in [2.45, 2.75) is 25.7 Å². The highest BCUT2D eigenvalue weighted by molar-refractivity contribution is 7.94. The van der Waals surface area contributed by atoms with Gasteiger partial charge in [-0.15, -0.1) is 0 Å². The molecule has 2 aromatic carbocycles. The molecular weight excluding hydrogens is 414 g/mol. The Balaban J connectivity index is 1.38. The fourth-order valence-corrected chi connectivity index (χ4v) is 5.43. The Labute approximate surface area is 181 Å². The maximum absolute atomic E-state index is 12.9. The molecule has 0 radical (unpaired) electrons. The maximum atomic E-state index is 12.9. The summed E-state index contributed by atoms with van der Waals surface area (Å²) in [6.45, 7) is 0.550. The summed E-state index contributed by atoms with van der Waals surface area (Å²) in [7, 11) is -1.90. The lowest BCUT2D eigenvalue weighted by Gasteiger charge is -2.18. The van der Waals surface area contributed by atoms with Crippen LogP contribution in [0.4, 0.5) is 11.4 Å². The molecule has 0 unspecified atom stereocenters. The molecule has 160 valence electrons. The van der Waals surface area contributed by atoms with Crippen molar-refractivity contribution in [2.75, 3.05) is 22.2 Å². The number of hydrogen-bond acceptors (Lipinski definition) is 5. The van der Waals surface area contributed by atoms with Crippen LogP contribution in [0.15, 0.2) is 59.3 Å². The van der Waals surface area contributed by atoms with Crippen LogP contribution < -0.4 is 8.61 Å². The summed E-state index contributed by atoms with van der Waals surface area (Å²) in [5.74, 6) is 0.407. The van der Waals surface area contributed by atoms with Crippen LogP contribution >= 0.6 is 0 Å². The van der Waals surface area contributed by atoms with Crippen molar-refractivity contribution in [1.82, 2.24) is 5.16 Å². The monoisotopic (exact) mass is 437 g/mol. The van der Waals surface area contributed by atoms with Crippen LogP contribution in [0.3, 0.4) is 0 Å². The highest BCUT2D eigenvalue weighted by Crippen LogP contribution is 2.44. The van der Waals surface area contributed by atoms with Gasteiger partial charge in [-0.2, -0.15) is 8.42 Å². The first kappa shape index (κ1) is 19.8. The molecule has 0 atom stereocenters. The van der Waals surface area contributed by atoms with Gasteiger partial charge in [0.25, 0.3) is 0 Å². The van der Waals surface area contributed by atoms with Gasteiger partial charge in [0.15, 0.2) is 5.78 Å². The second kappa shape index (κ2) is 7.53. The van der Waals surface area contributed by atoms with Crippen LogP contribution in [0.5, 0.6) is 0 Å². The number of hydrogen-bond donors (Lipinski definition) is 0. The minimum absolute atomic E-state index is 0.0562. The Morgan fingerprint density at radius 1 is 1.10 bits per heavy atom. The zero-order valence-electron chi connectivity index (χ0n) is 17.2. The van der Waals surface area contributed by atoms with E-state index in [1.54, 1.807) is 13.1 Å². The Hall–Kier alpha value is -3.13. The highest BCUT2D eigenvalue weighted by Gasteiger charge is 2.40. The molecule has 5 rings (SSSR count). The SMILES string of the molecule is CN1c2cc(-c3cccc(CCC(=O)c4ccon4)c3)ccc2N(CC2CC2)S1(=O)=O. The van der Waals surface area contributed by atoms with Gasteiger partial charge in [-0.05, 0) is 54.0 Å². The molecule has 2 aliphatic rings. The number of Topliss-reactive ketones (excluding diaryl/α,β-unsaturated/α-hetero) is 1. The summed E-state index contributed by atoms with van der Waals surface area (Å²) < 4.78 is 33.4. The van der Waals surface area contributed by atoms with Crippen molar-refractivity contribution in [1.29, 1.82) is 0 Å². The standard InChI is InChI=1S/C23H23N3O4S/c1-25-22-14-19(8-9-21(22)26(31(25,28)29)15-17-5-6-17)18-4-2-3-16(13-18)7-10-23(27)20-11-12-30-24-20/h2-4,8-9,11-14,17H,5-7,10,15H2,1H3. The van der Waals surface area contributed by atoms with Crippen LogP contribution in [-0.2, 0) is 16.6 Å². The van der Waals surface area contributed by atoms with Gasteiger partial charge in [-0.25, -0.2) is 0 Å². The molecule has 1 aliphatic carbocycles. The number of carbonyl (C=O) groups excluding carboxylic acids is 1. The molecule has 1 aliphatic heterocycles. The summed E-state index contributed by atoms with van der Waals surface area (Å²) in [6.07, 6.45) is 4.51. The third-order valence-electron chi connectivity index (χ3n) is 5.95. The van der Waals surface area contributed by atoms with Crippen LogP contribution in [0.2, 0.25) is 0 Å². The fraction of sp³-hybridized carbons (Fsp3) is 0.304. The third kappa shape index (κ3) is 3.72. The number of nitrogens with zero attached hydrogens (tertiary/aromatic N) is 3. The number of anilines is 2. The summed E-state index contributed by atoms with van der Waals surface area (Å²) in [6, 6.07) is 15.3. The fourth-order valence-electron chi connectivity index (χ4n) is 3.94. The maximum Gasteiger partial charge on any atom is 0.326 e. The van der Waals surface area contributed by atoms with E-state index in [-0.39, 0.29) is 5.78 Å². The molecule has 0 N–H and O–H groups in total. The minimum Gasteiger partial charge on any atom is -0.364 e. The number of fused-ring (bicyclic) bond motifs is 1. The first-order valence-electron chi connectivity index (χ1n) is 10.4. The molecule has 0 bridgehead atoms. The molecule has 7 nitrogen and oxygen atoms in total. The summed E-state index contributed by atoms with van der Waals surface area (Å²) in [5.41, 5.74) is 4.75. The van der Waals surface area contributed by atoms with E-state index >= 15 is 0 Å². The number of aromatic nitrogens is 1. The van der Waals surface area contributed by atoms with Gasteiger partial charge < -0.3 is 4.52 Å². The van der Waals surface area contributed by atoms with Crippen molar-refractivity contribution in [2.24, 2.45) is 5.92 Å². The zero-order valence-corrected chi connectivity index (χ0v) is 18.0. The predicted molar refractivity (Wildman–Crippen MR) is 118 cm³/mol. The molecule has 1 fully saturated rings. The van der Waals surface area contributed by atoms with Crippen molar-refractivity contribution in [3.8, 4) is 11.1 Å². The molecule has 8 heteroatoms. The van der Waals surface area contributed by atoms with Crippen molar-refractivity contribution in [3.05, 3.63) is 66.1 Å². The summed E-state index contributed by atoms with van der Waals surface area (Å²) in [5, 5.41) is 3.69. The van der Waals surface area contributed by atoms with E-state index in [1.165, 1.54) is 14.9 Å². The molecule has 0 spiro atoms. The molecule has 1 aromatic heterocycles. The summed E-state index contributed by atoms with van der Waals surface area (Å²) >= 11 is 0. The largest absolute Gasteiger partial charge is 0.364 e. The first-order valence-corrected chi connectivity index (χ1v) is 11.8. The van der Waals surface area contributed by atoms with Gasteiger partial charge in [0, 0.05) is 26.1 Å². The third-order valence-corrected chi connectivity index (χ3v) is 7.75. The van der Waals surface area contributed by atoms with E-state index < -0.39 is 10.2 Å². The molecule has 3 aromatic rings. The molecule has 0 saturated heterocycles. The number of aryl methyl sites for hydroxylation is 1. The molecule has 0 amide bonds. The Kier molecular flexibility index (Phi) is 4.81. The van der Waals surface area contributed by atoms with Crippen molar-refractivity contribution >= 4 is 27.4 Å². The Morgan fingerprint density at radius 3 is 2.65 bits per heavy atom. The van der Waals surface area contributed by atoms with Gasteiger partial charge in [0.1, 0.15) is 12.0 Å². The number of carbonyl (C=O) groups is 1. The van der Waals surface area contributed by atoms with Crippen molar-refractivity contribution < 1.29 is 17.7 Å². The number of ketones is 1. The van der Waals surface area contributed by atoms with Gasteiger partial charge >= 0.3 is 10.2 Å². The van der Waals surface area contributed by atoms with E-state index in [2.05, 4.69) is 5.16 Å². The van der Waals surface area contributed by atoms with E-state index in [4.69, 9.17) is 4.52 Å². The van der Waals surface area contributed by atoms with Crippen LogP contribution in [0.1, 0.15) is 35.3 Å². The smallest absolute Gasteiger partial charge is 0.326 e. The van der Waals surface area contributed by atoms with E-state index in [1.807, 2.05) is 42.5 Å². The molecule has 1 saturated carbocycles. The van der Waals surface area contributed by atoms with Gasteiger partial charge in [-0.3, -0.25) is 13.4 Å². The topological polar surface area (TPSA) is 83.7 Å². The molecule has 2 heterocycles. The van der Waals surface area contributed by atoms with Crippen LogP contribution in [-0.4, -0.2) is 33.0 Å². The van der Waals surface area contributed by atoms with Crippen LogP contribution in [0.25, 0.3) is 11.1 Å². The first-order chi connectivity index (χ1) is 14.9. The van der Waals surface area contributed by atoms with E-state index in [0.717, 1.165) is 35.2 Å². The molecular formula is C23H23N3O4S. The van der Waals surface area contributed by atoms with Crippen LogP contribution in [0, 0.1) is 5.92 Å². The van der Waals surface area contributed by atoms with Crippen molar-refractivity contribution in [3.63, 3.8) is 0 Å². The average molecular weight is 438 g/mol. The van der Waals surface area contributed by atoms with Gasteiger partial charge in [0.2, 0.25) is 0 Å². The predicted octanol–water partition coefficient (Wildman–Crippen LogP) is 4.07.